The molecule has 9 heteroatoms. The standard InChI is InChI=1S/C22H33N3O4S2/c1-14-6-7-18(20-23-10-13-30-20)24-19(16(3)15(14)2)25-21(26)22(4,5)31(27,28)17-8-11-29-12-9-17/h10,13-15,17H,6-9,11-12H2,1-5H3,(H,25,26). The number of allylic oxidation sites excluding steroid dienone is 1. The molecule has 0 aromatic carbocycles. The number of carbonyl (C=O) groups excluding carboxylic acids is 1. The second-order valence-corrected chi connectivity index (χ2v) is 12.7. The Morgan fingerprint density at radius 1 is 1.23 bits per heavy atom. The molecule has 1 aromatic heterocycles. The number of ether oxygens (including phenoxy) is 1. The molecule has 1 fully saturated rings. The minimum absolute atomic E-state index is 0.215. The van der Waals surface area contributed by atoms with Crippen LogP contribution in [0.3, 0.4) is 0 Å². The van der Waals surface area contributed by atoms with E-state index in [-0.39, 0.29) is 5.92 Å². The molecular weight excluding hydrogens is 434 g/mol. The number of hydrogen-bond donors (Lipinski definition) is 1. The van der Waals surface area contributed by atoms with E-state index < -0.39 is 25.7 Å². The van der Waals surface area contributed by atoms with Crippen molar-refractivity contribution in [2.24, 2.45) is 16.8 Å². The highest BCUT2D eigenvalue weighted by Gasteiger charge is 2.47. The lowest BCUT2D eigenvalue weighted by Crippen LogP contribution is -2.52. The van der Waals surface area contributed by atoms with Gasteiger partial charge in [0.05, 0.1) is 11.0 Å². The number of hydrogen-bond acceptors (Lipinski definition) is 7. The maximum Gasteiger partial charge on any atom is 0.246 e. The van der Waals surface area contributed by atoms with Gasteiger partial charge in [-0.25, -0.2) is 18.4 Å². The Kier molecular flexibility index (Phi) is 7.38. The molecule has 0 bridgehead atoms. The summed E-state index contributed by atoms with van der Waals surface area (Å²) in [5, 5.41) is 5.05. The highest BCUT2D eigenvalue weighted by molar-refractivity contribution is 7.94. The third-order valence-corrected chi connectivity index (χ3v) is 10.5. The van der Waals surface area contributed by atoms with E-state index in [1.165, 1.54) is 25.2 Å². The first-order chi connectivity index (χ1) is 14.6. The van der Waals surface area contributed by atoms with Crippen LogP contribution in [0.15, 0.2) is 28.0 Å². The third-order valence-electron chi connectivity index (χ3n) is 6.77. The van der Waals surface area contributed by atoms with Crippen molar-refractivity contribution in [1.82, 2.24) is 10.3 Å². The summed E-state index contributed by atoms with van der Waals surface area (Å²) in [6, 6.07) is 0. The lowest BCUT2D eigenvalue weighted by atomic mass is 9.84. The fraction of sp³-hybridized carbons (Fsp3) is 0.682. The van der Waals surface area contributed by atoms with E-state index in [0.717, 1.165) is 29.1 Å². The van der Waals surface area contributed by atoms with Crippen LogP contribution in [0.1, 0.15) is 65.3 Å². The molecule has 2 unspecified atom stereocenters. The second kappa shape index (κ2) is 9.50. The van der Waals surface area contributed by atoms with Crippen LogP contribution in [0.5, 0.6) is 0 Å². The Balaban J connectivity index is 1.93. The van der Waals surface area contributed by atoms with Gasteiger partial charge in [-0.3, -0.25) is 4.79 Å². The number of rotatable bonds is 5. The van der Waals surface area contributed by atoms with Crippen molar-refractivity contribution in [1.29, 1.82) is 0 Å². The number of carbonyl (C=O) groups is 1. The maximum atomic E-state index is 13.3. The molecule has 2 atom stereocenters. The van der Waals surface area contributed by atoms with Crippen molar-refractivity contribution in [2.45, 2.75) is 70.3 Å². The summed E-state index contributed by atoms with van der Waals surface area (Å²) in [5.41, 5.74) is 1.78. The van der Waals surface area contributed by atoms with Crippen molar-refractivity contribution >= 4 is 32.8 Å². The molecule has 31 heavy (non-hydrogen) atoms. The van der Waals surface area contributed by atoms with Crippen LogP contribution in [0, 0.1) is 11.8 Å². The van der Waals surface area contributed by atoms with E-state index >= 15 is 0 Å². The quantitative estimate of drug-likeness (QED) is 0.712. The highest BCUT2D eigenvalue weighted by Crippen LogP contribution is 2.32. The van der Waals surface area contributed by atoms with E-state index in [1.807, 2.05) is 12.3 Å². The Morgan fingerprint density at radius 2 is 1.90 bits per heavy atom. The van der Waals surface area contributed by atoms with Gasteiger partial charge in [0, 0.05) is 24.8 Å². The SMILES string of the molecule is CC1=C(NC(=O)C(C)(C)S(=O)(=O)C2CCOCC2)N=C(c2nccs2)CCC(C)C1C. The molecule has 0 radical (unpaired) electrons. The molecule has 2 aliphatic rings. The van der Waals surface area contributed by atoms with Gasteiger partial charge in [-0.1, -0.05) is 13.8 Å². The minimum atomic E-state index is -3.70. The number of nitrogens with zero attached hydrogens (tertiary/aromatic N) is 2. The van der Waals surface area contributed by atoms with Gasteiger partial charge < -0.3 is 10.1 Å². The predicted molar refractivity (Wildman–Crippen MR) is 124 cm³/mol. The number of sulfone groups is 1. The van der Waals surface area contributed by atoms with Gasteiger partial charge in [0.15, 0.2) is 9.84 Å². The summed E-state index contributed by atoms with van der Waals surface area (Å²) < 4.78 is 30.3. The van der Waals surface area contributed by atoms with E-state index in [2.05, 4.69) is 24.1 Å². The van der Waals surface area contributed by atoms with Crippen LogP contribution in [0.4, 0.5) is 0 Å². The Labute approximate surface area is 189 Å². The predicted octanol–water partition coefficient (Wildman–Crippen LogP) is 3.72. The number of aliphatic imine (C=N–C) groups is 1. The van der Waals surface area contributed by atoms with Gasteiger partial charge in [0.2, 0.25) is 5.91 Å². The molecule has 0 aliphatic carbocycles. The van der Waals surface area contributed by atoms with Crippen molar-refractivity contribution < 1.29 is 17.9 Å². The van der Waals surface area contributed by atoms with Crippen LogP contribution >= 0.6 is 11.3 Å². The first-order valence-electron chi connectivity index (χ1n) is 10.9. The van der Waals surface area contributed by atoms with Crippen molar-refractivity contribution in [3.8, 4) is 0 Å². The maximum absolute atomic E-state index is 13.3. The highest BCUT2D eigenvalue weighted by atomic mass is 32.2. The summed E-state index contributed by atoms with van der Waals surface area (Å²) in [6.07, 6.45) is 4.31. The van der Waals surface area contributed by atoms with Crippen molar-refractivity contribution in [2.75, 3.05) is 13.2 Å². The first kappa shape index (κ1) is 24.1. The molecule has 2 aliphatic heterocycles. The van der Waals surface area contributed by atoms with Crippen LogP contribution in [0.25, 0.3) is 0 Å². The first-order valence-corrected chi connectivity index (χ1v) is 13.3. The topological polar surface area (TPSA) is 97.7 Å². The van der Waals surface area contributed by atoms with E-state index in [1.54, 1.807) is 6.20 Å². The molecular formula is C22H33N3O4S2. The normalized spacial score (nSPS) is 24.4. The molecule has 1 amide bonds. The van der Waals surface area contributed by atoms with Crippen LogP contribution in [-0.4, -0.2) is 48.2 Å². The summed E-state index contributed by atoms with van der Waals surface area (Å²) in [4.78, 5) is 22.5. The molecule has 0 spiro atoms. The smallest absolute Gasteiger partial charge is 0.246 e. The van der Waals surface area contributed by atoms with Gasteiger partial charge >= 0.3 is 0 Å². The van der Waals surface area contributed by atoms with Gasteiger partial charge in [0.25, 0.3) is 0 Å². The summed E-state index contributed by atoms with van der Waals surface area (Å²) >= 11 is 1.51. The molecule has 1 saturated heterocycles. The molecule has 1 N–H and O–H groups in total. The van der Waals surface area contributed by atoms with Crippen molar-refractivity contribution in [3.05, 3.63) is 28.0 Å². The monoisotopic (exact) mass is 467 g/mol. The second-order valence-electron chi connectivity index (χ2n) is 9.05. The van der Waals surface area contributed by atoms with Crippen LogP contribution in [-0.2, 0) is 19.4 Å². The Morgan fingerprint density at radius 3 is 2.52 bits per heavy atom. The zero-order valence-corrected chi connectivity index (χ0v) is 20.6. The summed E-state index contributed by atoms with van der Waals surface area (Å²) in [7, 11) is -3.70. The zero-order chi connectivity index (χ0) is 22.8. The molecule has 3 rings (SSSR count). The Hall–Kier alpha value is -1.58. The summed E-state index contributed by atoms with van der Waals surface area (Å²) in [5.74, 6) is 0.518. The molecule has 0 saturated carbocycles. The van der Waals surface area contributed by atoms with Gasteiger partial charge in [-0.05, 0) is 63.9 Å². The van der Waals surface area contributed by atoms with Crippen LogP contribution < -0.4 is 5.32 Å². The lowest BCUT2D eigenvalue weighted by Gasteiger charge is -2.32. The van der Waals surface area contributed by atoms with Crippen LogP contribution in [0.2, 0.25) is 0 Å². The van der Waals surface area contributed by atoms with E-state index in [0.29, 0.717) is 37.8 Å². The van der Waals surface area contributed by atoms with E-state index in [4.69, 9.17) is 9.73 Å². The number of amides is 1. The fourth-order valence-corrected chi connectivity index (χ4v) is 6.59. The molecule has 3 heterocycles. The van der Waals surface area contributed by atoms with Gasteiger partial charge in [0.1, 0.15) is 15.6 Å². The number of thiazole rings is 1. The average molecular weight is 468 g/mol. The third kappa shape index (κ3) is 4.93. The largest absolute Gasteiger partial charge is 0.381 e. The molecule has 7 nitrogen and oxygen atoms in total. The van der Waals surface area contributed by atoms with E-state index in [9.17, 15) is 13.2 Å². The van der Waals surface area contributed by atoms with Crippen molar-refractivity contribution in [3.63, 3.8) is 0 Å². The van der Waals surface area contributed by atoms with Gasteiger partial charge in [-0.15, -0.1) is 11.3 Å². The lowest BCUT2D eigenvalue weighted by molar-refractivity contribution is -0.122. The average Bonchev–Trinajstić information content (AvgIpc) is 3.29. The van der Waals surface area contributed by atoms with Gasteiger partial charge in [-0.2, -0.15) is 0 Å². The Bertz CT molecular complexity index is 959. The summed E-state index contributed by atoms with van der Waals surface area (Å²) in [6.45, 7) is 10.1. The number of aromatic nitrogens is 1. The number of nitrogens with one attached hydrogen (secondary N) is 1. The molecule has 1 aromatic rings. The minimum Gasteiger partial charge on any atom is -0.381 e. The zero-order valence-electron chi connectivity index (χ0n) is 19.0. The fourth-order valence-electron chi connectivity index (χ4n) is 3.97. The molecule has 172 valence electrons.